The SMILES string of the molecule is C/C(=N\O)c1ccc(Cl)c(Cl)c1.CCOC(=O)Cc1cc(-c2ccc(Cl)c(Cl)c2)no1.COC(=O)Cc1cc(-c2ccc(Cl)c(Cl)c2)no1.O=C(O)Cc1cc(-c2ccc(Cl)c(Cl)c2)no1. The number of halogens is 8. The van der Waals surface area contributed by atoms with Crippen molar-refractivity contribution in [1.82, 2.24) is 15.5 Å². The summed E-state index contributed by atoms with van der Waals surface area (Å²) in [6, 6.07) is 25.3. The number of hydrogen-bond acceptors (Lipinski definition) is 13. The molecule has 0 aliphatic rings. The second-order valence-electron chi connectivity index (χ2n) is 13.0. The van der Waals surface area contributed by atoms with Crippen LogP contribution in [0.4, 0.5) is 0 Å². The zero-order valence-electron chi connectivity index (χ0n) is 34.5. The number of methoxy groups -OCH3 is 1. The van der Waals surface area contributed by atoms with E-state index in [0.717, 1.165) is 22.3 Å². The molecule has 0 aliphatic heterocycles. The predicted molar refractivity (Wildman–Crippen MR) is 254 cm³/mol. The highest BCUT2D eigenvalue weighted by atomic mass is 35.5. The Bertz CT molecular complexity index is 2810. The summed E-state index contributed by atoms with van der Waals surface area (Å²) in [5.41, 5.74) is 5.24. The number of hydrogen-bond donors (Lipinski definition) is 2. The number of ether oxygens (including phenoxy) is 2. The number of rotatable bonds is 11. The standard InChI is InChI=1S/C13H11Cl2NO3.C12H9Cl2NO3.C11H7Cl2NO3.C8H7Cl2NO/c1-2-18-13(17)7-9-6-12(16-19-9)8-3-4-10(14)11(15)5-8;1-17-12(16)6-8-5-11(15-18-8)7-2-3-9(13)10(14)4-7;12-8-2-1-6(3-9(8)13)10-4-7(17-14-10)5-11(15)16;1-5(11-12)6-2-3-7(9)8(10)4-6/h3-6H,2,7H2,1H3;2-5H,6H2,1H3;1-4H,5H2,(H,15,16);2-4,12H,1H3/b;;;11-5+. The zero-order chi connectivity index (χ0) is 48.5. The maximum atomic E-state index is 11.3. The van der Waals surface area contributed by atoms with Gasteiger partial charge in [0.1, 0.15) is 53.6 Å². The molecule has 14 nitrogen and oxygen atoms in total. The van der Waals surface area contributed by atoms with Gasteiger partial charge in [0.15, 0.2) is 0 Å². The molecule has 2 N–H and O–H groups in total. The Morgan fingerprint density at radius 2 is 0.909 bits per heavy atom. The van der Waals surface area contributed by atoms with Gasteiger partial charge in [-0.05, 0) is 62.4 Å². The summed E-state index contributed by atoms with van der Waals surface area (Å²) < 4.78 is 24.4. The van der Waals surface area contributed by atoms with Crippen LogP contribution in [0.1, 0.15) is 36.7 Å². The van der Waals surface area contributed by atoms with E-state index in [-0.39, 0.29) is 31.2 Å². The summed E-state index contributed by atoms with van der Waals surface area (Å²) in [5.74, 6) is -0.533. The number of aliphatic carboxylic acids is 1. The minimum atomic E-state index is -0.971. The fraction of sp³-hybridized carbons (Fsp3) is 0.159. The fourth-order valence-corrected chi connectivity index (χ4v) is 6.25. The summed E-state index contributed by atoms with van der Waals surface area (Å²) in [7, 11) is 1.32. The van der Waals surface area contributed by atoms with Crippen molar-refractivity contribution in [3.8, 4) is 33.8 Å². The van der Waals surface area contributed by atoms with Gasteiger partial charge < -0.3 is 33.4 Å². The van der Waals surface area contributed by atoms with Crippen LogP contribution in [0.2, 0.25) is 40.2 Å². The largest absolute Gasteiger partial charge is 0.481 e. The number of carbonyl (C=O) groups excluding carboxylic acids is 2. The van der Waals surface area contributed by atoms with E-state index in [0.29, 0.717) is 86.9 Å². The molecule has 4 aromatic carbocycles. The van der Waals surface area contributed by atoms with Gasteiger partial charge in [-0.25, -0.2) is 0 Å². The molecule has 0 atom stereocenters. The maximum Gasteiger partial charge on any atom is 0.313 e. The van der Waals surface area contributed by atoms with Crippen molar-refractivity contribution in [3.63, 3.8) is 0 Å². The van der Waals surface area contributed by atoms with Gasteiger partial charge in [-0.1, -0.05) is 138 Å². The monoisotopic (exact) mass is 1060 g/mol. The second-order valence-corrected chi connectivity index (χ2v) is 16.3. The first kappa shape index (κ1) is 53.3. The van der Waals surface area contributed by atoms with Gasteiger partial charge in [0.25, 0.3) is 0 Å². The van der Waals surface area contributed by atoms with E-state index in [4.69, 9.17) is 121 Å². The van der Waals surface area contributed by atoms with Crippen LogP contribution in [0.5, 0.6) is 0 Å². The molecule has 3 heterocycles. The molecule has 0 fully saturated rings. The number of oxime groups is 1. The maximum absolute atomic E-state index is 11.3. The highest BCUT2D eigenvalue weighted by Gasteiger charge is 2.14. The average Bonchev–Trinajstić information content (AvgIpc) is 4.07. The van der Waals surface area contributed by atoms with Crippen LogP contribution in [-0.4, -0.2) is 63.1 Å². The Kier molecular flexibility index (Phi) is 21.1. The van der Waals surface area contributed by atoms with Crippen LogP contribution >= 0.6 is 92.8 Å². The minimum absolute atomic E-state index is 0.0465. The normalized spacial score (nSPS) is 10.7. The third-order valence-electron chi connectivity index (χ3n) is 8.31. The van der Waals surface area contributed by atoms with Crippen molar-refractivity contribution >= 4 is 116 Å². The number of carboxylic acid groups (broad SMARTS) is 1. The van der Waals surface area contributed by atoms with Gasteiger partial charge in [0.2, 0.25) is 0 Å². The third-order valence-corrected chi connectivity index (χ3v) is 11.3. The van der Waals surface area contributed by atoms with Gasteiger partial charge >= 0.3 is 17.9 Å². The minimum Gasteiger partial charge on any atom is -0.481 e. The van der Waals surface area contributed by atoms with Crippen molar-refractivity contribution < 1.29 is 47.7 Å². The van der Waals surface area contributed by atoms with Gasteiger partial charge in [0.05, 0.1) is 59.6 Å². The number of esters is 2. The summed E-state index contributed by atoms with van der Waals surface area (Å²) in [4.78, 5) is 32.9. The summed E-state index contributed by atoms with van der Waals surface area (Å²) in [6.07, 6.45) is -0.0959. The van der Waals surface area contributed by atoms with Crippen molar-refractivity contribution in [1.29, 1.82) is 0 Å². The number of carbonyl (C=O) groups is 3. The molecular weight excluding hydrogens is 1030 g/mol. The fourth-order valence-electron chi connectivity index (χ4n) is 5.06. The number of aromatic nitrogens is 3. The van der Waals surface area contributed by atoms with E-state index in [1.807, 2.05) is 0 Å². The van der Waals surface area contributed by atoms with Gasteiger partial charge in [-0.15, -0.1) is 0 Å². The van der Waals surface area contributed by atoms with Crippen LogP contribution < -0.4 is 0 Å². The van der Waals surface area contributed by atoms with Crippen molar-refractivity contribution in [2.75, 3.05) is 13.7 Å². The van der Waals surface area contributed by atoms with Gasteiger partial charge in [0, 0.05) is 40.5 Å². The highest BCUT2D eigenvalue weighted by molar-refractivity contribution is 6.43. The second kappa shape index (κ2) is 26.2. The van der Waals surface area contributed by atoms with E-state index in [1.54, 1.807) is 105 Å². The number of benzene rings is 4. The van der Waals surface area contributed by atoms with E-state index in [9.17, 15) is 14.4 Å². The highest BCUT2D eigenvalue weighted by Crippen LogP contribution is 2.31. The molecule has 7 aromatic rings. The van der Waals surface area contributed by atoms with Gasteiger partial charge in [-0.2, -0.15) is 0 Å². The molecule has 22 heteroatoms. The smallest absolute Gasteiger partial charge is 0.313 e. The molecule has 0 spiro atoms. The predicted octanol–water partition coefficient (Wildman–Crippen LogP) is 13.6. The van der Waals surface area contributed by atoms with Crippen molar-refractivity contribution in [3.05, 3.63) is 154 Å². The Morgan fingerprint density at radius 3 is 1.24 bits per heavy atom. The lowest BCUT2D eigenvalue weighted by atomic mass is 10.1. The molecule has 0 unspecified atom stereocenters. The van der Waals surface area contributed by atoms with Crippen LogP contribution in [0.15, 0.2) is 110 Å². The molecule has 0 aliphatic carbocycles. The topological polar surface area (TPSA) is 201 Å². The first-order valence-corrected chi connectivity index (χ1v) is 21.7. The number of nitrogens with zero attached hydrogens (tertiary/aromatic N) is 4. The lowest BCUT2D eigenvalue weighted by Crippen LogP contribution is -2.06. The van der Waals surface area contributed by atoms with Crippen molar-refractivity contribution in [2.45, 2.75) is 33.1 Å². The third kappa shape index (κ3) is 16.5. The molecule has 3 aromatic heterocycles. The van der Waals surface area contributed by atoms with E-state index in [2.05, 4.69) is 25.4 Å². The van der Waals surface area contributed by atoms with Crippen LogP contribution in [0, 0.1) is 0 Å². The molecule has 0 saturated heterocycles. The average molecular weight is 1060 g/mol. The molecule has 0 amide bonds. The summed E-state index contributed by atoms with van der Waals surface area (Å²) >= 11 is 46.6. The summed E-state index contributed by atoms with van der Waals surface area (Å²) in [6.45, 7) is 3.77. The van der Waals surface area contributed by atoms with Crippen molar-refractivity contribution in [2.24, 2.45) is 5.16 Å². The Hall–Kier alpha value is -5.29. The Balaban J connectivity index is 0.000000195. The molecule has 346 valence electrons. The van der Waals surface area contributed by atoms with E-state index in [1.165, 1.54) is 7.11 Å². The lowest BCUT2D eigenvalue weighted by molar-refractivity contribution is -0.143. The molecule has 0 saturated carbocycles. The quantitative estimate of drug-likeness (QED) is 0.0537. The van der Waals surface area contributed by atoms with Crippen LogP contribution in [0.3, 0.4) is 0 Å². The van der Waals surface area contributed by atoms with Crippen LogP contribution in [0.25, 0.3) is 33.8 Å². The Labute approximate surface area is 416 Å². The molecule has 0 radical (unpaired) electrons. The summed E-state index contributed by atoms with van der Waals surface area (Å²) in [5, 5.41) is 35.2. The first-order valence-electron chi connectivity index (χ1n) is 18.7. The number of carboxylic acids is 1. The molecule has 0 bridgehead atoms. The van der Waals surface area contributed by atoms with Crippen LogP contribution in [-0.2, 0) is 43.1 Å². The zero-order valence-corrected chi connectivity index (χ0v) is 40.5. The first-order chi connectivity index (χ1) is 31.4. The lowest BCUT2D eigenvalue weighted by Gasteiger charge is -1.99. The van der Waals surface area contributed by atoms with E-state index < -0.39 is 5.97 Å². The Morgan fingerprint density at radius 1 is 0.545 bits per heavy atom. The molecule has 66 heavy (non-hydrogen) atoms. The van der Waals surface area contributed by atoms with Gasteiger partial charge in [-0.3, -0.25) is 14.4 Å². The van der Waals surface area contributed by atoms with E-state index >= 15 is 0 Å². The molecular formula is C44H34Cl8N4O10. The molecule has 7 rings (SSSR count).